The first-order valence-corrected chi connectivity index (χ1v) is 6.66. The Bertz CT molecular complexity index is 606. The van der Waals surface area contributed by atoms with Crippen LogP contribution in [-0.4, -0.2) is 19.2 Å². The lowest BCUT2D eigenvalue weighted by atomic mass is 10.2. The lowest BCUT2D eigenvalue weighted by molar-refractivity contribution is 0.355. The second kappa shape index (κ2) is 6.68. The molecule has 106 valence electrons. The molecule has 1 N–H and O–H groups in total. The van der Waals surface area contributed by atoms with E-state index in [1.807, 2.05) is 18.2 Å². The van der Waals surface area contributed by atoms with Gasteiger partial charge in [-0.05, 0) is 23.8 Å². The van der Waals surface area contributed by atoms with Crippen molar-refractivity contribution >= 4 is 28.9 Å². The minimum absolute atomic E-state index is 0.438. The van der Waals surface area contributed by atoms with Crippen LogP contribution in [0, 0.1) is 0 Å². The maximum absolute atomic E-state index is 6.31. The quantitative estimate of drug-likeness (QED) is 0.847. The predicted molar refractivity (Wildman–Crippen MR) is 81.1 cm³/mol. The molecule has 0 aliphatic heterocycles. The zero-order chi connectivity index (χ0) is 14.5. The molecule has 0 atom stereocenters. The summed E-state index contributed by atoms with van der Waals surface area (Å²) in [5, 5.41) is 4.19. The second-order valence-electron chi connectivity index (χ2n) is 3.99. The number of rotatable bonds is 5. The van der Waals surface area contributed by atoms with Gasteiger partial charge in [0.2, 0.25) is 0 Å². The molecule has 6 heteroatoms. The fourth-order valence-electron chi connectivity index (χ4n) is 1.78. The Morgan fingerprint density at radius 1 is 1.15 bits per heavy atom. The number of hydrogen-bond acceptors (Lipinski definition) is 4. The molecule has 0 saturated carbocycles. The highest BCUT2D eigenvalue weighted by Crippen LogP contribution is 2.37. The summed E-state index contributed by atoms with van der Waals surface area (Å²) in [4.78, 5) is 3.93. The van der Waals surface area contributed by atoms with Gasteiger partial charge in [0.25, 0.3) is 0 Å². The van der Waals surface area contributed by atoms with Crippen LogP contribution in [0.1, 0.15) is 5.56 Å². The summed E-state index contributed by atoms with van der Waals surface area (Å²) in [7, 11) is 3.13. The molecule has 0 amide bonds. The molecule has 0 radical (unpaired) electrons. The molecular weight excluding hydrogens is 299 g/mol. The summed E-state index contributed by atoms with van der Waals surface area (Å²) in [6.07, 6.45) is 1.64. The van der Waals surface area contributed by atoms with Gasteiger partial charge in [-0.15, -0.1) is 0 Å². The second-order valence-corrected chi connectivity index (χ2v) is 4.76. The van der Waals surface area contributed by atoms with Crippen LogP contribution in [0.25, 0.3) is 0 Å². The van der Waals surface area contributed by atoms with Gasteiger partial charge in [-0.2, -0.15) is 0 Å². The summed E-state index contributed by atoms with van der Waals surface area (Å²) < 4.78 is 10.5. The van der Waals surface area contributed by atoms with E-state index in [9.17, 15) is 0 Å². The molecule has 2 aromatic rings. The van der Waals surface area contributed by atoms with E-state index in [1.165, 1.54) is 0 Å². The number of pyridine rings is 1. The Morgan fingerprint density at radius 3 is 2.60 bits per heavy atom. The van der Waals surface area contributed by atoms with Crippen LogP contribution < -0.4 is 14.8 Å². The Labute approximate surface area is 127 Å². The molecule has 1 aromatic heterocycles. The number of ether oxygens (including phenoxy) is 2. The third-order valence-corrected chi connectivity index (χ3v) is 3.40. The average Bonchev–Trinajstić information content (AvgIpc) is 2.45. The molecule has 4 nitrogen and oxygen atoms in total. The number of nitrogens with zero attached hydrogens (tertiary/aromatic N) is 1. The first-order chi connectivity index (χ1) is 9.65. The van der Waals surface area contributed by atoms with Crippen LogP contribution in [0.2, 0.25) is 10.2 Å². The van der Waals surface area contributed by atoms with Gasteiger partial charge in [-0.25, -0.2) is 4.98 Å². The standard InChI is InChI=1S/C14H14Cl2N2O2/c1-19-11-4-3-9(13(16)14(11)20-2)8-18-10-5-6-17-12(15)7-10/h3-7H,8H2,1-2H3,(H,17,18). The lowest BCUT2D eigenvalue weighted by Crippen LogP contribution is -2.02. The van der Waals surface area contributed by atoms with Crippen molar-refractivity contribution in [2.75, 3.05) is 19.5 Å². The van der Waals surface area contributed by atoms with E-state index in [4.69, 9.17) is 32.7 Å². The summed E-state index contributed by atoms with van der Waals surface area (Å²) in [6.45, 7) is 0.541. The molecule has 0 aliphatic carbocycles. The van der Waals surface area contributed by atoms with Crippen LogP contribution in [0.3, 0.4) is 0 Å². The van der Waals surface area contributed by atoms with Crippen molar-refractivity contribution in [1.82, 2.24) is 4.98 Å². The van der Waals surface area contributed by atoms with Crippen molar-refractivity contribution < 1.29 is 9.47 Å². The van der Waals surface area contributed by atoms with Crippen LogP contribution in [-0.2, 0) is 6.54 Å². The van der Waals surface area contributed by atoms with E-state index >= 15 is 0 Å². The number of benzene rings is 1. The topological polar surface area (TPSA) is 43.4 Å². The van der Waals surface area contributed by atoms with Crippen molar-refractivity contribution in [2.45, 2.75) is 6.54 Å². The number of halogens is 2. The number of aromatic nitrogens is 1. The maximum atomic E-state index is 6.31. The van der Waals surface area contributed by atoms with Gasteiger partial charge in [0.15, 0.2) is 11.5 Å². The fourth-order valence-corrected chi connectivity index (χ4v) is 2.25. The van der Waals surface area contributed by atoms with Gasteiger partial charge in [-0.3, -0.25) is 0 Å². The number of hydrogen-bond donors (Lipinski definition) is 1. The Balaban J connectivity index is 2.18. The third kappa shape index (κ3) is 3.26. The molecule has 0 unspecified atom stereocenters. The Kier molecular flexibility index (Phi) is 4.93. The minimum atomic E-state index is 0.438. The Hall–Kier alpha value is -1.65. The molecular formula is C14H14Cl2N2O2. The van der Waals surface area contributed by atoms with Crippen molar-refractivity contribution in [3.05, 3.63) is 46.2 Å². The maximum Gasteiger partial charge on any atom is 0.179 e. The average molecular weight is 313 g/mol. The van der Waals surface area contributed by atoms with Gasteiger partial charge in [-0.1, -0.05) is 29.3 Å². The van der Waals surface area contributed by atoms with Gasteiger partial charge in [0, 0.05) is 18.4 Å². The highest BCUT2D eigenvalue weighted by Gasteiger charge is 2.12. The number of nitrogens with one attached hydrogen (secondary N) is 1. The first-order valence-electron chi connectivity index (χ1n) is 5.90. The Morgan fingerprint density at radius 2 is 1.95 bits per heavy atom. The molecule has 20 heavy (non-hydrogen) atoms. The molecule has 0 bridgehead atoms. The third-order valence-electron chi connectivity index (χ3n) is 2.77. The number of anilines is 1. The largest absolute Gasteiger partial charge is 0.493 e. The predicted octanol–water partition coefficient (Wildman–Crippen LogP) is 4.02. The molecule has 0 saturated heterocycles. The molecule has 1 aromatic carbocycles. The summed E-state index contributed by atoms with van der Waals surface area (Å²) >= 11 is 12.1. The first kappa shape index (κ1) is 14.8. The van der Waals surface area contributed by atoms with Gasteiger partial charge in [0.1, 0.15) is 5.15 Å². The lowest BCUT2D eigenvalue weighted by Gasteiger charge is -2.13. The van der Waals surface area contributed by atoms with Crippen molar-refractivity contribution in [3.8, 4) is 11.5 Å². The molecule has 1 heterocycles. The van der Waals surface area contributed by atoms with Crippen LogP contribution in [0.4, 0.5) is 5.69 Å². The van der Waals surface area contributed by atoms with Crippen LogP contribution in [0.5, 0.6) is 11.5 Å². The normalized spacial score (nSPS) is 10.2. The summed E-state index contributed by atoms with van der Waals surface area (Å²) in [6, 6.07) is 7.29. The highest BCUT2D eigenvalue weighted by atomic mass is 35.5. The minimum Gasteiger partial charge on any atom is -0.493 e. The molecule has 0 aliphatic rings. The van der Waals surface area contributed by atoms with Gasteiger partial charge < -0.3 is 14.8 Å². The monoisotopic (exact) mass is 312 g/mol. The van der Waals surface area contributed by atoms with E-state index in [1.54, 1.807) is 26.5 Å². The van der Waals surface area contributed by atoms with E-state index in [-0.39, 0.29) is 0 Å². The van der Waals surface area contributed by atoms with E-state index < -0.39 is 0 Å². The van der Waals surface area contributed by atoms with Crippen molar-refractivity contribution in [3.63, 3.8) is 0 Å². The fraction of sp³-hybridized carbons (Fsp3) is 0.214. The van der Waals surface area contributed by atoms with Crippen molar-refractivity contribution in [1.29, 1.82) is 0 Å². The zero-order valence-corrected chi connectivity index (χ0v) is 12.6. The van der Waals surface area contributed by atoms with Crippen molar-refractivity contribution in [2.24, 2.45) is 0 Å². The van der Waals surface area contributed by atoms with Gasteiger partial charge >= 0.3 is 0 Å². The van der Waals surface area contributed by atoms with Gasteiger partial charge in [0.05, 0.1) is 19.2 Å². The van der Waals surface area contributed by atoms with Crippen LogP contribution >= 0.6 is 23.2 Å². The summed E-state index contributed by atoms with van der Waals surface area (Å²) in [5.74, 6) is 1.13. The zero-order valence-electron chi connectivity index (χ0n) is 11.1. The van der Waals surface area contributed by atoms with Crippen LogP contribution in [0.15, 0.2) is 30.5 Å². The summed E-state index contributed by atoms with van der Waals surface area (Å²) in [5.41, 5.74) is 1.77. The van der Waals surface area contributed by atoms with E-state index in [2.05, 4.69) is 10.3 Å². The van der Waals surface area contributed by atoms with E-state index in [0.29, 0.717) is 28.2 Å². The molecule has 2 rings (SSSR count). The highest BCUT2D eigenvalue weighted by molar-refractivity contribution is 6.33. The van der Waals surface area contributed by atoms with E-state index in [0.717, 1.165) is 11.3 Å². The molecule has 0 spiro atoms. The number of methoxy groups -OCH3 is 2. The SMILES string of the molecule is COc1ccc(CNc2ccnc(Cl)c2)c(Cl)c1OC. The smallest absolute Gasteiger partial charge is 0.179 e. The molecule has 0 fully saturated rings.